The molecule has 0 heterocycles. The van der Waals surface area contributed by atoms with Crippen molar-refractivity contribution in [3.8, 4) is 5.75 Å². The molecule has 0 saturated heterocycles. The lowest BCUT2D eigenvalue weighted by atomic mass is 9.84. The van der Waals surface area contributed by atoms with Gasteiger partial charge in [0.05, 0.1) is 0 Å². The first kappa shape index (κ1) is 16.4. The molecule has 1 aliphatic carbocycles. The second-order valence-corrected chi connectivity index (χ2v) is 7.07. The predicted octanol–water partition coefficient (Wildman–Crippen LogP) is 4.23. The summed E-state index contributed by atoms with van der Waals surface area (Å²) in [5, 5.41) is 0. The third kappa shape index (κ3) is 5.04. The van der Waals surface area contributed by atoms with Gasteiger partial charge >= 0.3 is 6.18 Å². The lowest BCUT2D eigenvalue weighted by Crippen LogP contribution is -2.23. The van der Waals surface area contributed by atoms with Gasteiger partial charge in [-0.3, -0.25) is 4.57 Å². The van der Waals surface area contributed by atoms with Crippen LogP contribution in [0, 0.1) is 0 Å². The van der Waals surface area contributed by atoms with E-state index in [9.17, 15) is 22.6 Å². The molecule has 21 heavy (non-hydrogen) atoms. The minimum Gasteiger partial charge on any atom is -0.769 e. The molecule has 118 valence electrons. The largest absolute Gasteiger partial charge is 0.769 e. The Labute approximate surface area is 121 Å². The normalized spacial score (nSPS) is 20.0. The maximum atomic E-state index is 12.3. The first-order valence-corrected chi connectivity index (χ1v) is 8.65. The van der Waals surface area contributed by atoms with E-state index < -0.39 is 19.9 Å². The fraction of sp³-hybridized carbons (Fsp3) is 0.571. The molecule has 3 nitrogen and oxygen atoms in total. The van der Waals surface area contributed by atoms with Gasteiger partial charge in [-0.05, 0) is 30.4 Å². The highest BCUT2D eigenvalue weighted by Gasteiger charge is 2.35. The third-order valence-electron chi connectivity index (χ3n) is 3.57. The molecule has 1 aromatic rings. The first-order chi connectivity index (χ1) is 9.77. The molecule has 1 atom stereocenters. The van der Waals surface area contributed by atoms with Gasteiger partial charge in [-0.2, -0.15) is 13.2 Å². The lowest BCUT2D eigenvalue weighted by molar-refractivity contribution is -0.201. The van der Waals surface area contributed by atoms with Crippen LogP contribution in [0.25, 0.3) is 0 Å². The maximum absolute atomic E-state index is 12.3. The zero-order valence-corrected chi connectivity index (χ0v) is 12.3. The van der Waals surface area contributed by atoms with E-state index in [2.05, 4.69) is 0 Å². The van der Waals surface area contributed by atoms with Crippen LogP contribution in [0.15, 0.2) is 24.3 Å². The zero-order chi connectivity index (χ0) is 15.5. The van der Waals surface area contributed by atoms with Crippen molar-refractivity contribution < 1.29 is 27.2 Å². The Kier molecular flexibility index (Phi) is 4.99. The Morgan fingerprint density at radius 3 is 2.43 bits per heavy atom. The number of hydrogen-bond acceptors (Lipinski definition) is 3. The molecule has 0 amide bonds. The van der Waals surface area contributed by atoms with Crippen molar-refractivity contribution in [1.82, 2.24) is 0 Å². The molecule has 0 aromatic heterocycles. The van der Waals surface area contributed by atoms with E-state index >= 15 is 0 Å². The van der Waals surface area contributed by atoms with Crippen molar-refractivity contribution in [2.45, 2.75) is 44.2 Å². The maximum Gasteiger partial charge on any atom is 0.397 e. The zero-order valence-electron chi connectivity index (χ0n) is 11.4. The smallest absolute Gasteiger partial charge is 0.397 e. The first-order valence-electron chi connectivity index (χ1n) is 6.92. The van der Waals surface area contributed by atoms with Crippen LogP contribution in [-0.4, -0.2) is 12.3 Å². The lowest BCUT2D eigenvalue weighted by Gasteiger charge is -2.29. The van der Waals surface area contributed by atoms with Crippen LogP contribution in [0.3, 0.4) is 0 Å². The van der Waals surface area contributed by atoms with Gasteiger partial charge in [0.2, 0.25) is 0 Å². The Balaban J connectivity index is 2.18. The molecule has 0 aliphatic heterocycles. The van der Waals surface area contributed by atoms with E-state index in [1.54, 1.807) is 18.2 Å². The summed E-state index contributed by atoms with van der Waals surface area (Å²) in [6, 6.07) is 6.47. The summed E-state index contributed by atoms with van der Waals surface area (Å²) in [6.07, 6.45) is -1.72. The average molecular weight is 321 g/mol. The fourth-order valence-corrected chi connectivity index (χ4v) is 3.69. The number of hydrogen-bond donors (Lipinski definition) is 0. The second-order valence-electron chi connectivity index (χ2n) is 5.35. The molecule has 2 rings (SSSR count). The van der Waals surface area contributed by atoms with Crippen LogP contribution in [0.4, 0.5) is 13.2 Å². The van der Waals surface area contributed by atoms with E-state index in [0.717, 1.165) is 32.1 Å². The SMILES string of the molecule is O=P([O-])(CC(F)(F)F)Oc1ccccc1C1CCCCC1. The van der Waals surface area contributed by atoms with Crippen LogP contribution in [-0.2, 0) is 4.57 Å². The minimum absolute atomic E-state index is 0.0342. The van der Waals surface area contributed by atoms with Gasteiger partial charge in [-0.15, -0.1) is 0 Å². The van der Waals surface area contributed by atoms with E-state index in [1.165, 1.54) is 6.07 Å². The Bertz CT molecular complexity index is 524. The summed E-state index contributed by atoms with van der Waals surface area (Å²) in [5.41, 5.74) is 0.690. The van der Waals surface area contributed by atoms with Gasteiger partial charge < -0.3 is 9.42 Å². The molecule has 1 saturated carbocycles. The predicted molar refractivity (Wildman–Crippen MR) is 71.4 cm³/mol. The van der Waals surface area contributed by atoms with Crippen molar-refractivity contribution in [3.05, 3.63) is 29.8 Å². The molecular weight excluding hydrogens is 304 g/mol. The van der Waals surface area contributed by atoms with Gasteiger partial charge in [0, 0.05) is 0 Å². The molecule has 0 bridgehead atoms. The van der Waals surface area contributed by atoms with Gasteiger partial charge in [0.15, 0.2) is 7.60 Å². The molecule has 1 aromatic carbocycles. The molecule has 1 fully saturated rings. The van der Waals surface area contributed by atoms with Crippen molar-refractivity contribution in [2.24, 2.45) is 0 Å². The van der Waals surface area contributed by atoms with Crippen molar-refractivity contribution in [3.63, 3.8) is 0 Å². The minimum atomic E-state index is -4.99. The molecule has 0 radical (unpaired) electrons. The molecular formula is C14H17F3O3P-. The van der Waals surface area contributed by atoms with Gasteiger partial charge in [-0.25, -0.2) is 0 Å². The quantitative estimate of drug-likeness (QED) is 0.780. The summed E-state index contributed by atoms with van der Waals surface area (Å²) in [5.74, 6) is 0.188. The highest BCUT2D eigenvalue weighted by atomic mass is 31.2. The van der Waals surface area contributed by atoms with E-state index in [-0.39, 0.29) is 11.7 Å². The summed E-state index contributed by atoms with van der Waals surface area (Å²) in [4.78, 5) is 11.5. The molecule has 7 heteroatoms. The molecule has 1 unspecified atom stereocenters. The van der Waals surface area contributed by atoms with Crippen LogP contribution < -0.4 is 9.42 Å². The monoisotopic (exact) mass is 321 g/mol. The Morgan fingerprint density at radius 2 is 1.81 bits per heavy atom. The number of alkyl halides is 3. The molecule has 1 aliphatic rings. The summed E-state index contributed by atoms with van der Waals surface area (Å²) in [6.45, 7) is 0. The highest BCUT2D eigenvalue weighted by molar-refractivity contribution is 7.51. The van der Waals surface area contributed by atoms with E-state index in [1.807, 2.05) is 0 Å². The molecule has 0 spiro atoms. The molecule has 0 N–H and O–H groups in total. The van der Waals surface area contributed by atoms with Crippen LogP contribution in [0.5, 0.6) is 5.75 Å². The van der Waals surface area contributed by atoms with Crippen molar-refractivity contribution in [2.75, 3.05) is 6.16 Å². The topological polar surface area (TPSA) is 49.4 Å². The van der Waals surface area contributed by atoms with Crippen LogP contribution in [0.2, 0.25) is 0 Å². The van der Waals surface area contributed by atoms with Gasteiger partial charge in [0.25, 0.3) is 0 Å². The average Bonchev–Trinajstić information content (AvgIpc) is 2.37. The summed E-state index contributed by atoms with van der Waals surface area (Å²) in [7, 11) is -4.99. The standard InChI is InChI=1S/C14H18F3O3P/c15-14(16,17)10-21(18,19)20-13-9-5-4-8-12(13)11-6-2-1-3-7-11/h4-5,8-9,11H,1-3,6-7,10H2,(H,18,19)/p-1. The number of halogens is 3. The van der Waals surface area contributed by atoms with Gasteiger partial charge in [-0.1, -0.05) is 37.5 Å². The van der Waals surface area contributed by atoms with Gasteiger partial charge in [0.1, 0.15) is 11.9 Å². The van der Waals surface area contributed by atoms with Crippen LogP contribution >= 0.6 is 7.60 Å². The number of rotatable bonds is 4. The van der Waals surface area contributed by atoms with Crippen molar-refractivity contribution in [1.29, 1.82) is 0 Å². The van der Waals surface area contributed by atoms with E-state index in [0.29, 0.717) is 5.56 Å². The Morgan fingerprint density at radius 1 is 1.19 bits per heavy atom. The fourth-order valence-electron chi connectivity index (χ4n) is 2.72. The summed E-state index contributed by atoms with van der Waals surface area (Å²) < 4.78 is 53.0. The Hall–Kier alpha value is -1.00. The van der Waals surface area contributed by atoms with E-state index in [4.69, 9.17) is 4.52 Å². The highest BCUT2D eigenvalue weighted by Crippen LogP contribution is 2.46. The summed E-state index contributed by atoms with van der Waals surface area (Å²) >= 11 is 0. The van der Waals surface area contributed by atoms with Crippen LogP contribution in [0.1, 0.15) is 43.6 Å². The third-order valence-corrected chi connectivity index (χ3v) is 4.80. The number of para-hydroxylation sites is 1. The second kappa shape index (κ2) is 6.41. The van der Waals surface area contributed by atoms with Crippen molar-refractivity contribution >= 4 is 7.60 Å². The number of benzene rings is 1.